The maximum absolute atomic E-state index is 3.65. The van der Waals surface area contributed by atoms with E-state index in [0.717, 1.165) is 6.42 Å². The van der Waals surface area contributed by atoms with Gasteiger partial charge in [0.2, 0.25) is 0 Å². The highest BCUT2D eigenvalue weighted by atomic mass is 14.2. The second kappa shape index (κ2) is 1.99. The van der Waals surface area contributed by atoms with Crippen LogP contribution in [0, 0.1) is 5.92 Å². The van der Waals surface area contributed by atoms with Gasteiger partial charge in [0.25, 0.3) is 0 Å². The maximum atomic E-state index is 3.65. The predicted octanol–water partition coefficient (Wildman–Crippen LogP) is 2.30. The van der Waals surface area contributed by atoms with Crippen LogP contribution in [0.25, 0.3) is 0 Å². The summed E-state index contributed by atoms with van der Waals surface area (Å²) in [6.45, 7) is 7.29. The first-order chi connectivity index (χ1) is 3.88. The minimum Gasteiger partial charge on any atom is -0.103 e. The van der Waals surface area contributed by atoms with Gasteiger partial charge in [0, 0.05) is 5.92 Å². The van der Waals surface area contributed by atoms with Gasteiger partial charge in [-0.3, -0.25) is 0 Å². The molecule has 1 aliphatic carbocycles. The topological polar surface area (TPSA) is 0 Å². The summed E-state index contributed by atoms with van der Waals surface area (Å²) in [5, 5.41) is 0. The molecule has 0 spiro atoms. The lowest BCUT2D eigenvalue weighted by atomic mass is 10.2. The van der Waals surface area contributed by atoms with Crippen molar-refractivity contribution in [2.45, 2.75) is 6.42 Å². The van der Waals surface area contributed by atoms with Gasteiger partial charge in [-0.05, 0) is 12.0 Å². The minimum atomic E-state index is 0.685. The Morgan fingerprint density at radius 3 is 2.75 bits per heavy atom. The first-order valence-corrected chi connectivity index (χ1v) is 2.83. The molecule has 42 valence electrons. The second-order valence-corrected chi connectivity index (χ2v) is 2.00. The molecule has 0 saturated heterocycles. The second-order valence-electron chi connectivity index (χ2n) is 2.00. The number of allylic oxidation sites excluding steroid dienone is 4. The zero-order chi connectivity index (χ0) is 5.98. The standard InChI is InChI=1S/C8H10/c1-3-5-8-6-7(8)4-2/h3-4,6,8H,1-2,5H2. The zero-order valence-corrected chi connectivity index (χ0v) is 4.93. The molecule has 8 heavy (non-hydrogen) atoms. The maximum Gasteiger partial charge on any atom is 0.00552 e. The highest BCUT2D eigenvalue weighted by molar-refractivity contribution is 5.38. The summed E-state index contributed by atoms with van der Waals surface area (Å²) < 4.78 is 0. The molecule has 0 amide bonds. The highest BCUT2D eigenvalue weighted by Crippen LogP contribution is 2.32. The van der Waals surface area contributed by atoms with Crippen molar-refractivity contribution in [3.63, 3.8) is 0 Å². The fourth-order valence-electron chi connectivity index (χ4n) is 0.787. The van der Waals surface area contributed by atoms with Crippen molar-refractivity contribution in [3.8, 4) is 0 Å². The molecule has 0 aromatic rings. The van der Waals surface area contributed by atoms with Crippen molar-refractivity contribution >= 4 is 0 Å². The Hall–Kier alpha value is -0.780. The lowest BCUT2D eigenvalue weighted by Gasteiger charge is -1.85. The van der Waals surface area contributed by atoms with Crippen LogP contribution < -0.4 is 0 Å². The first-order valence-electron chi connectivity index (χ1n) is 2.83. The van der Waals surface area contributed by atoms with E-state index < -0.39 is 0 Å². The summed E-state index contributed by atoms with van der Waals surface area (Å²) in [6.07, 6.45) is 7.14. The summed E-state index contributed by atoms with van der Waals surface area (Å²) in [6, 6.07) is 0. The van der Waals surface area contributed by atoms with E-state index in [1.54, 1.807) is 0 Å². The molecule has 1 atom stereocenters. The lowest BCUT2D eigenvalue weighted by Crippen LogP contribution is -1.72. The molecule has 1 rings (SSSR count). The fourth-order valence-corrected chi connectivity index (χ4v) is 0.787. The van der Waals surface area contributed by atoms with E-state index in [-0.39, 0.29) is 0 Å². The van der Waals surface area contributed by atoms with Gasteiger partial charge in [0.05, 0.1) is 0 Å². The Balaban J connectivity index is 2.22. The smallest absolute Gasteiger partial charge is 0.00552 e. The summed E-state index contributed by atoms with van der Waals surface area (Å²) in [5.74, 6) is 0.685. The molecule has 0 saturated carbocycles. The van der Waals surface area contributed by atoms with Crippen LogP contribution in [0.2, 0.25) is 0 Å². The van der Waals surface area contributed by atoms with Crippen molar-refractivity contribution in [3.05, 3.63) is 37.0 Å². The molecule has 0 radical (unpaired) electrons. The fraction of sp³-hybridized carbons (Fsp3) is 0.250. The Morgan fingerprint density at radius 1 is 1.62 bits per heavy atom. The van der Waals surface area contributed by atoms with Gasteiger partial charge in [0.15, 0.2) is 0 Å². The Labute approximate surface area is 50.2 Å². The third-order valence-electron chi connectivity index (χ3n) is 1.37. The molecule has 0 aromatic heterocycles. The van der Waals surface area contributed by atoms with Crippen LogP contribution in [0.1, 0.15) is 6.42 Å². The third-order valence-corrected chi connectivity index (χ3v) is 1.37. The van der Waals surface area contributed by atoms with Crippen LogP contribution in [0.4, 0.5) is 0 Å². The summed E-state index contributed by atoms with van der Waals surface area (Å²) in [5.41, 5.74) is 1.38. The molecular weight excluding hydrogens is 96.1 g/mol. The predicted molar refractivity (Wildman–Crippen MR) is 36.6 cm³/mol. The zero-order valence-electron chi connectivity index (χ0n) is 4.93. The molecule has 0 N–H and O–H groups in total. The van der Waals surface area contributed by atoms with Crippen LogP contribution in [-0.4, -0.2) is 0 Å². The molecule has 1 aliphatic rings. The van der Waals surface area contributed by atoms with Gasteiger partial charge in [-0.2, -0.15) is 0 Å². The monoisotopic (exact) mass is 106 g/mol. The number of hydrogen-bond donors (Lipinski definition) is 0. The minimum absolute atomic E-state index is 0.685. The van der Waals surface area contributed by atoms with Gasteiger partial charge >= 0.3 is 0 Å². The van der Waals surface area contributed by atoms with Crippen molar-refractivity contribution in [2.75, 3.05) is 0 Å². The number of rotatable bonds is 3. The molecule has 0 fully saturated rings. The van der Waals surface area contributed by atoms with E-state index >= 15 is 0 Å². The van der Waals surface area contributed by atoms with Gasteiger partial charge in [-0.25, -0.2) is 0 Å². The largest absolute Gasteiger partial charge is 0.103 e. The summed E-state index contributed by atoms with van der Waals surface area (Å²) in [7, 11) is 0. The van der Waals surface area contributed by atoms with E-state index in [1.807, 2.05) is 12.2 Å². The van der Waals surface area contributed by atoms with Gasteiger partial charge in [-0.1, -0.05) is 24.8 Å². The van der Waals surface area contributed by atoms with Crippen LogP contribution >= 0.6 is 0 Å². The van der Waals surface area contributed by atoms with E-state index in [9.17, 15) is 0 Å². The molecule has 0 bridgehead atoms. The Morgan fingerprint density at radius 2 is 2.38 bits per heavy atom. The van der Waals surface area contributed by atoms with Crippen molar-refractivity contribution < 1.29 is 0 Å². The molecule has 0 aromatic carbocycles. The average Bonchev–Trinajstić information content (AvgIpc) is 2.48. The normalized spacial score (nSPS) is 24.0. The molecule has 0 heteroatoms. The van der Waals surface area contributed by atoms with Crippen molar-refractivity contribution in [1.82, 2.24) is 0 Å². The lowest BCUT2D eigenvalue weighted by molar-refractivity contribution is 0.922. The van der Waals surface area contributed by atoms with Gasteiger partial charge in [-0.15, -0.1) is 6.58 Å². The highest BCUT2D eigenvalue weighted by Gasteiger charge is 2.18. The SMILES string of the molecule is C=CCC1C=C1C=C. The van der Waals surface area contributed by atoms with Crippen molar-refractivity contribution in [1.29, 1.82) is 0 Å². The summed E-state index contributed by atoms with van der Waals surface area (Å²) in [4.78, 5) is 0. The molecule has 1 unspecified atom stereocenters. The molecular formula is C8H10. The number of hydrogen-bond acceptors (Lipinski definition) is 0. The van der Waals surface area contributed by atoms with Crippen LogP contribution in [0.3, 0.4) is 0 Å². The molecule has 0 heterocycles. The van der Waals surface area contributed by atoms with Crippen LogP contribution in [0.15, 0.2) is 37.0 Å². The van der Waals surface area contributed by atoms with Crippen LogP contribution in [-0.2, 0) is 0 Å². The molecule has 0 aliphatic heterocycles. The average molecular weight is 106 g/mol. The van der Waals surface area contributed by atoms with Crippen LogP contribution in [0.5, 0.6) is 0 Å². The van der Waals surface area contributed by atoms with E-state index in [2.05, 4.69) is 19.2 Å². The Kier molecular flexibility index (Phi) is 1.34. The summed E-state index contributed by atoms with van der Waals surface area (Å²) >= 11 is 0. The van der Waals surface area contributed by atoms with E-state index in [4.69, 9.17) is 0 Å². The van der Waals surface area contributed by atoms with Gasteiger partial charge < -0.3 is 0 Å². The van der Waals surface area contributed by atoms with E-state index in [1.165, 1.54) is 5.57 Å². The van der Waals surface area contributed by atoms with Crippen molar-refractivity contribution in [2.24, 2.45) is 5.92 Å². The Bertz CT molecular complexity index is 140. The first kappa shape index (κ1) is 5.36. The van der Waals surface area contributed by atoms with E-state index in [0.29, 0.717) is 5.92 Å². The quantitative estimate of drug-likeness (QED) is 0.484. The molecule has 0 nitrogen and oxygen atoms in total. The van der Waals surface area contributed by atoms with Gasteiger partial charge in [0.1, 0.15) is 0 Å². The third kappa shape index (κ3) is 0.890.